The third kappa shape index (κ3) is 2.39. The number of aryl methyl sites for hydroxylation is 1. The molecule has 0 bridgehead atoms. The van der Waals surface area contributed by atoms with Crippen LogP contribution in [0.2, 0.25) is 0 Å². The van der Waals surface area contributed by atoms with Crippen molar-refractivity contribution in [1.29, 1.82) is 0 Å². The Kier molecular flexibility index (Phi) is 3.06. The molecule has 2 rings (SSSR count). The second-order valence-corrected chi connectivity index (χ2v) is 4.01. The van der Waals surface area contributed by atoms with Crippen LogP contribution in [0.15, 0.2) is 18.3 Å². The van der Waals surface area contributed by atoms with Crippen molar-refractivity contribution in [2.45, 2.75) is 18.9 Å². The monoisotopic (exact) mass is 207 g/mol. The molecule has 4 heteroatoms. The molecule has 1 saturated heterocycles. The lowest BCUT2D eigenvalue weighted by molar-refractivity contribution is 0.0942. The molecule has 1 aliphatic heterocycles. The van der Waals surface area contributed by atoms with Crippen molar-refractivity contribution < 1.29 is 4.79 Å². The summed E-state index contributed by atoms with van der Waals surface area (Å²) in [7, 11) is 1.88. The Hall–Kier alpha value is -1.29. The highest BCUT2D eigenvalue weighted by Crippen LogP contribution is 2.04. The zero-order valence-corrected chi connectivity index (χ0v) is 8.99. The molecule has 1 aromatic rings. The highest BCUT2D eigenvalue weighted by molar-refractivity contribution is 5.92. The minimum atomic E-state index is 0.0104. The minimum absolute atomic E-state index is 0.0104. The van der Waals surface area contributed by atoms with E-state index in [1.165, 1.54) is 6.42 Å². The van der Waals surface area contributed by atoms with Gasteiger partial charge in [0, 0.05) is 25.8 Å². The smallest absolute Gasteiger partial charge is 0.267 e. The van der Waals surface area contributed by atoms with Gasteiger partial charge in [0.05, 0.1) is 0 Å². The Morgan fingerprint density at radius 1 is 1.73 bits per heavy atom. The fraction of sp³-hybridized carbons (Fsp3) is 0.545. The van der Waals surface area contributed by atoms with E-state index in [1.807, 2.05) is 29.9 Å². The molecule has 2 N–H and O–H groups in total. The van der Waals surface area contributed by atoms with Gasteiger partial charge in [-0.25, -0.2) is 0 Å². The second kappa shape index (κ2) is 4.49. The maximum absolute atomic E-state index is 11.7. The van der Waals surface area contributed by atoms with Gasteiger partial charge in [0.25, 0.3) is 5.91 Å². The average Bonchev–Trinajstić information content (AvgIpc) is 2.84. The fourth-order valence-electron chi connectivity index (χ4n) is 1.93. The predicted molar refractivity (Wildman–Crippen MR) is 58.8 cm³/mol. The zero-order valence-electron chi connectivity index (χ0n) is 8.99. The Balaban J connectivity index is 1.84. The number of hydrogen-bond donors (Lipinski definition) is 2. The van der Waals surface area contributed by atoms with E-state index in [0.29, 0.717) is 11.7 Å². The molecule has 1 aromatic heterocycles. The largest absolute Gasteiger partial charge is 0.349 e. The summed E-state index contributed by atoms with van der Waals surface area (Å²) in [5.41, 5.74) is 0.716. The van der Waals surface area contributed by atoms with E-state index in [4.69, 9.17) is 0 Å². The minimum Gasteiger partial charge on any atom is -0.349 e. The van der Waals surface area contributed by atoms with Crippen molar-refractivity contribution in [2.75, 3.05) is 13.1 Å². The van der Waals surface area contributed by atoms with E-state index in [-0.39, 0.29) is 5.91 Å². The standard InChI is InChI=1S/C11H17N3O/c1-14-7-3-5-10(14)11(15)13-8-9-4-2-6-12-9/h3,5,7,9,12H,2,4,6,8H2,1H3,(H,13,15). The van der Waals surface area contributed by atoms with Gasteiger partial charge in [-0.15, -0.1) is 0 Å². The lowest BCUT2D eigenvalue weighted by Crippen LogP contribution is -2.37. The number of nitrogens with one attached hydrogen (secondary N) is 2. The van der Waals surface area contributed by atoms with Crippen LogP contribution in [0.1, 0.15) is 23.3 Å². The molecule has 15 heavy (non-hydrogen) atoms. The van der Waals surface area contributed by atoms with Crippen LogP contribution in [0, 0.1) is 0 Å². The first-order chi connectivity index (χ1) is 7.27. The van der Waals surface area contributed by atoms with Crippen molar-refractivity contribution in [3.63, 3.8) is 0 Å². The SMILES string of the molecule is Cn1cccc1C(=O)NCC1CCCN1. The molecule has 2 heterocycles. The molecule has 0 spiro atoms. The van der Waals surface area contributed by atoms with Crippen LogP contribution >= 0.6 is 0 Å². The Morgan fingerprint density at radius 2 is 2.60 bits per heavy atom. The van der Waals surface area contributed by atoms with Crippen LogP contribution in [-0.4, -0.2) is 29.6 Å². The van der Waals surface area contributed by atoms with Crippen LogP contribution in [-0.2, 0) is 7.05 Å². The molecule has 4 nitrogen and oxygen atoms in total. The summed E-state index contributed by atoms with van der Waals surface area (Å²) < 4.78 is 1.83. The van der Waals surface area contributed by atoms with E-state index >= 15 is 0 Å². The van der Waals surface area contributed by atoms with Gasteiger partial charge in [0.2, 0.25) is 0 Å². The third-order valence-corrected chi connectivity index (χ3v) is 2.85. The van der Waals surface area contributed by atoms with Gasteiger partial charge in [-0.05, 0) is 31.5 Å². The van der Waals surface area contributed by atoms with Crippen molar-refractivity contribution in [2.24, 2.45) is 7.05 Å². The molecular formula is C11H17N3O. The summed E-state index contributed by atoms with van der Waals surface area (Å²) in [6.07, 6.45) is 4.25. The Bertz CT molecular complexity index is 339. The first kappa shape index (κ1) is 10.2. The number of nitrogens with zero attached hydrogens (tertiary/aromatic N) is 1. The summed E-state index contributed by atoms with van der Waals surface area (Å²) in [5, 5.41) is 6.30. The molecule has 1 amide bonds. The molecule has 1 fully saturated rings. The van der Waals surface area contributed by atoms with E-state index in [2.05, 4.69) is 10.6 Å². The second-order valence-electron chi connectivity index (χ2n) is 4.01. The van der Waals surface area contributed by atoms with E-state index in [1.54, 1.807) is 0 Å². The normalized spacial score (nSPS) is 20.5. The summed E-state index contributed by atoms with van der Waals surface area (Å²) in [6, 6.07) is 4.16. The van der Waals surface area contributed by atoms with Gasteiger partial charge >= 0.3 is 0 Å². The highest BCUT2D eigenvalue weighted by atomic mass is 16.1. The van der Waals surface area contributed by atoms with Crippen molar-refractivity contribution in [3.8, 4) is 0 Å². The number of amides is 1. The molecule has 1 unspecified atom stereocenters. The number of hydrogen-bond acceptors (Lipinski definition) is 2. The fourth-order valence-corrected chi connectivity index (χ4v) is 1.93. The van der Waals surface area contributed by atoms with E-state index in [9.17, 15) is 4.79 Å². The molecule has 0 aliphatic carbocycles. The van der Waals surface area contributed by atoms with Crippen molar-refractivity contribution in [1.82, 2.24) is 15.2 Å². The molecule has 1 aliphatic rings. The maximum atomic E-state index is 11.7. The van der Waals surface area contributed by atoms with Crippen molar-refractivity contribution >= 4 is 5.91 Å². The summed E-state index contributed by atoms with van der Waals surface area (Å²) in [6.45, 7) is 1.80. The first-order valence-electron chi connectivity index (χ1n) is 5.40. The number of aromatic nitrogens is 1. The summed E-state index contributed by atoms with van der Waals surface area (Å²) in [5.74, 6) is 0.0104. The van der Waals surface area contributed by atoms with Crippen LogP contribution in [0.5, 0.6) is 0 Å². The summed E-state index contributed by atoms with van der Waals surface area (Å²) >= 11 is 0. The van der Waals surface area contributed by atoms with E-state index in [0.717, 1.165) is 19.5 Å². The van der Waals surface area contributed by atoms with Gasteiger partial charge in [-0.1, -0.05) is 0 Å². The molecule has 0 radical (unpaired) electrons. The van der Waals surface area contributed by atoms with Crippen LogP contribution in [0.25, 0.3) is 0 Å². The average molecular weight is 207 g/mol. The number of carbonyl (C=O) groups is 1. The van der Waals surface area contributed by atoms with Gasteiger partial charge in [0.1, 0.15) is 5.69 Å². The van der Waals surface area contributed by atoms with Gasteiger partial charge < -0.3 is 15.2 Å². The van der Waals surface area contributed by atoms with Crippen LogP contribution in [0.3, 0.4) is 0 Å². The van der Waals surface area contributed by atoms with Crippen LogP contribution < -0.4 is 10.6 Å². The van der Waals surface area contributed by atoms with E-state index < -0.39 is 0 Å². The molecule has 0 aromatic carbocycles. The number of carbonyl (C=O) groups excluding carboxylic acids is 1. The lowest BCUT2D eigenvalue weighted by atomic mass is 10.2. The van der Waals surface area contributed by atoms with Crippen molar-refractivity contribution in [3.05, 3.63) is 24.0 Å². The summed E-state index contributed by atoms with van der Waals surface area (Å²) in [4.78, 5) is 11.7. The molecule has 82 valence electrons. The third-order valence-electron chi connectivity index (χ3n) is 2.85. The zero-order chi connectivity index (χ0) is 10.7. The van der Waals surface area contributed by atoms with Gasteiger partial charge in [0.15, 0.2) is 0 Å². The molecular weight excluding hydrogens is 190 g/mol. The van der Waals surface area contributed by atoms with Gasteiger partial charge in [-0.3, -0.25) is 4.79 Å². The first-order valence-corrected chi connectivity index (χ1v) is 5.40. The maximum Gasteiger partial charge on any atom is 0.267 e. The van der Waals surface area contributed by atoms with Crippen LogP contribution in [0.4, 0.5) is 0 Å². The Morgan fingerprint density at radius 3 is 3.20 bits per heavy atom. The molecule has 0 saturated carbocycles. The Labute approximate surface area is 89.7 Å². The topological polar surface area (TPSA) is 46.1 Å². The van der Waals surface area contributed by atoms with Gasteiger partial charge in [-0.2, -0.15) is 0 Å². The lowest BCUT2D eigenvalue weighted by Gasteiger charge is -2.11. The number of rotatable bonds is 3. The predicted octanol–water partition coefficient (Wildman–Crippen LogP) is 0.507. The highest BCUT2D eigenvalue weighted by Gasteiger charge is 2.15. The molecule has 1 atom stereocenters. The quantitative estimate of drug-likeness (QED) is 0.758.